The quantitative estimate of drug-likeness (QED) is 0.822. The third-order valence-electron chi connectivity index (χ3n) is 4.34. The van der Waals surface area contributed by atoms with E-state index in [2.05, 4.69) is 23.1 Å². The molecule has 3 heteroatoms. The number of anilines is 1. The van der Waals surface area contributed by atoms with Crippen LogP contribution in [0.15, 0.2) is 18.2 Å². The molecule has 2 atom stereocenters. The third-order valence-corrected chi connectivity index (χ3v) is 4.34. The predicted molar refractivity (Wildman–Crippen MR) is 70.4 cm³/mol. The molecule has 0 aromatic heterocycles. The van der Waals surface area contributed by atoms with Crippen LogP contribution < -0.4 is 4.90 Å². The predicted octanol–water partition coefficient (Wildman–Crippen LogP) is 2.36. The Kier molecular flexibility index (Phi) is 2.76. The minimum absolute atomic E-state index is 0.127. The standard InChI is InChI=1S/C15H18N2O/c1-10-6-12(3-2-11(10)9-16)17-13-4-5-14(17)8-15(18)7-13/h2-3,6,13-15,18H,4-5,7-8H2,1H3. The Bertz CT molecular complexity index is 492. The Morgan fingerprint density at radius 1 is 1.28 bits per heavy atom. The van der Waals surface area contributed by atoms with Crippen LogP contribution in [0.5, 0.6) is 0 Å². The molecule has 2 unspecified atom stereocenters. The first-order valence-electron chi connectivity index (χ1n) is 6.66. The molecule has 1 aromatic rings. The van der Waals surface area contributed by atoms with Gasteiger partial charge in [-0.3, -0.25) is 0 Å². The van der Waals surface area contributed by atoms with Gasteiger partial charge in [0.15, 0.2) is 0 Å². The summed E-state index contributed by atoms with van der Waals surface area (Å²) in [4.78, 5) is 2.46. The molecule has 3 nitrogen and oxygen atoms in total. The normalized spacial score (nSPS) is 30.3. The summed E-state index contributed by atoms with van der Waals surface area (Å²) in [5.41, 5.74) is 3.01. The Balaban J connectivity index is 1.92. The van der Waals surface area contributed by atoms with Crippen LogP contribution in [0.2, 0.25) is 0 Å². The summed E-state index contributed by atoms with van der Waals surface area (Å²) < 4.78 is 0. The molecule has 3 rings (SSSR count). The van der Waals surface area contributed by atoms with Crippen molar-refractivity contribution in [3.8, 4) is 6.07 Å². The van der Waals surface area contributed by atoms with E-state index in [0.29, 0.717) is 12.1 Å². The van der Waals surface area contributed by atoms with Gasteiger partial charge in [0.05, 0.1) is 17.7 Å². The SMILES string of the molecule is Cc1cc(N2C3CCC2CC(O)C3)ccc1C#N. The zero-order chi connectivity index (χ0) is 12.7. The molecule has 0 saturated carbocycles. The molecular weight excluding hydrogens is 224 g/mol. The van der Waals surface area contributed by atoms with Gasteiger partial charge in [-0.25, -0.2) is 0 Å². The Labute approximate surface area is 108 Å². The van der Waals surface area contributed by atoms with Gasteiger partial charge in [0.1, 0.15) is 0 Å². The molecule has 1 N–H and O–H groups in total. The van der Waals surface area contributed by atoms with Crippen LogP contribution in [-0.4, -0.2) is 23.3 Å². The maximum Gasteiger partial charge on any atom is 0.0994 e. The molecule has 2 heterocycles. The number of nitriles is 1. The topological polar surface area (TPSA) is 47.3 Å². The van der Waals surface area contributed by atoms with Crippen LogP contribution >= 0.6 is 0 Å². The second-order valence-corrected chi connectivity index (χ2v) is 5.53. The van der Waals surface area contributed by atoms with Crippen molar-refractivity contribution >= 4 is 5.69 Å². The number of nitrogens with zero attached hydrogens (tertiary/aromatic N) is 2. The Morgan fingerprint density at radius 3 is 2.50 bits per heavy atom. The van der Waals surface area contributed by atoms with Crippen LogP contribution in [-0.2, 0) is 0 Å². The van der Waals surface area contributed by atoms with E-state index in [4.69, 9.17) is 5.26 Å². The van der Waals surface area contributed by atoms with E-state index < -0.39 is 0 Å². The lowest BCUT2D eigenvalue weighted by Crippen LogP contribution is -2.44. The van der Waals surface area contributed by atoms with E-state index in [1.165, 1.54) is 18.5 Å². The van der Waals surface area contributed by atoms with Gasteiger partial charge in [-0.15, -0.1) is 0 Å². The lowest BCUT2D eigenvalue weighted by Gasteiger charge is -2.39. The van der Waals surface area contributed by atoms with Crippen molar-refractivity contribution < 1.29 is 5.11 Å². The smallest absolute Gasteiger partial charge is 0.0994 e. The van der Waals surface area contributed by atoms with Crippen molar-refractivity contribution in [3.05, 3.63) is 29.3 Å². The fraction of sp³-hybridized carbons (Fsp3) is 0.533. The molecule has 2 bridgehead atoms. The molecule has 1 aromatic carbocycles. The van der Waals surface area contributed by atoms with Crippen LogP contribution in [0.3, 0.4) is 0 Å². The van der Waals surface area contributed by atoms with Crippen molar-refractivity contribution in [2.75, 3.05) is 4.90 Å². The van der Waals surface area contributed by atoms with Gasteiger partial charge in [0.25, 0.3) is 0 Å². The molecule has 0 amide bonds. The summed E-state index contributed by atoms with van der Waals surface area (Å²) in [5, 5.41) is 18.8. The van der Waals surface area contributed by atoms with Gasteiger partial charge >= 0.3 is 0 Å². The molecule has 94 valence electrons. The fourth-order valence-corrected chi connectivity index (χ4v) is 3.50. The zero-order valence-corrected chi connectivity index (χ0v) is 10.6. The summed E-state index contributed by atoms with van der Waals surface area (Å²) in [6.45, 7) is 1.99. The highest BCUT2D eigenvalue weighted by molar-refractivity contribution is 5.56. The minimum Gasteiger partial charge on any atom is -0.393 e. The number of hydrogen-bond acceptors (Lipinski definition) is 3. The first kappa shape index (κ1) is 11.6. The number of benzene rings is 1. The van der Waals surface area contributed by atoms with Crippen molar-refractivity contribution in [1.82, 2.24) is 0 Å². The number of aliphatic hydroxyl groups excluding tert-OH is 1. The molecule has 0 radical (unpaired) electrons. The molecule has 2 aliphatic rings. The lowest BCUT2D eigenvalue weighted by molar-refractivity contribution is 0.126. The van der Waals surface area contributed by atoms with Gasteiger partial charge in [-0.2, -0.15) is 5.26 Å². The van der Waals surface area contributed by atoms with E-state index in [-0.39, 0.29) is 6.10 Å². The average Bonchev–Trinajstić information content (AvgIpc) is 2.61. The number of aliphatic hydroxyl groups is 1. The first-order chi connectivity index (χ1) is 8.69. The molecule has 2 aliphatic heterocycles. The summed E-state index contributed by atoms with van der Waals surface area (Å²) in [5.74, 6) is 0. The molecule has 2 fully saturated rings. The highest BCUT2D eigenvalue weighted by Crippen LogP contribution is 2.39. The van der Waals surface area contributed by atoms with Gasteiger partial charge in [0.2, 0.25) is 0 Å². The van der Waals surface area contributed by atoms with Gasteiger partial charge < -0.3 is 10.0 Å². The summed E-state index contributed by atoms with van der Waals surface area (Å²) in [6.07, 6.45) is 4.00. The highest BCUT2D eigenvalue weighted by Gasteiger charge is 2.40. The van der Waals surface area contributed by atoms with Crippen molar-refractivity contribution in [1.29, 1.82) is 5.26 Å². The second kappa shape index (κ2) is 4.29. The monoisotopic (exact) mass is 242 g/mol. The number of rotatable bonds is 1. The summed E-state index contributed by atoms with van der Waals surface area (Å²) in [7, 11) is 0. The van der Waals surface area contributed by atoms with E-state index >= 15 is 0 Å². The van der Waals surface area contributed by atoms with Crippen molar-refractivity contribution in [2.45, 2.75) is 50.8 Å². The van der Waals surface area contributed by atoms with Gasteiger partial charge in [0, 0.05) is 17.8 Å². The Morgan fingerprint density at radius 2 is 1.94 bits per heavy atom. The van der Waals surface area contributed by atoms with E-state index in [1.807, 2.05) is 13.0 Å². The lowest BCUT2D eigenvalue weighted by atomic mass is 9.98. The van der Waals surface area contributed by atoms with E-state index in [9.17, 15) is 5.11 Å². The van der Waals surface area contributed by atoms with Crippen LogP contribution in [0.25, 0.3) is 0 Å². The second-order valence-electron chi connectivity index (χ2n) is 5.53. The number of fused-ring (bicyclic) bond motifs is 2. The molecule has 0 aliphatic carbocycles. The van der Waals surface area contributed by atoms with Crippen LogP contribution in [0.4, 0.5) is 5.69 Å². The van der Waals surface area contributed by atoms with Gasteiger partial charge in [-0.1, -0.05) is 0 Å². The molecule has 2 saturated heterocycles. The van der Waals surface area contributed by atoms with Gasteiger partial charge in [-0.05, 0) is 56.4 Å². The number of hydrogen-bond donors (Lipinski definition) is 1. The number of piperidine rings is 1. The van der Waals surface area contributed by atoms with Crippen LogP contribution in [0.1, 0.15) is 36.8 Å². The van der Waals surface area contributed by atoms with Crippen molar-refractivity contribution in [2.24, 2.45) is 0 Å². The fourth-order valence-electron chi connectivity index (χ4n) is 3.50. The molecule has 18 heavy (non-hydrogen) atoms. The first-order valence-corrected chi connectivity index (χ1v) is 6.66. The maximum absolute atomic E-state index is 9.82. The molecule has 0 spiro atoms. The average molecular weight is 242 g/mol. The molecular formula is C15H18N2O. The van der Waals surface area contributed by atoms with Crippen molar-refractivity contribution in [3.63, 3.8) is 0 Å². The Hall–Kier alpha value is -1.53. The third kappa shape index (κ3) is 1.77. The largest absolute Gasteiger partial charge is 0.393 e. The van der Waals surface area contributed by atoms with Crippen LogP contribution in [0, 0.1) is 18.3 Å². The minimum atomic E-state index is -0.127. The zero-order valence-electron chi connectivity index (χ0n) is 10.6. The van der Waals surface area contributed by atoms with E-state index in [1.54, 1.807) is 0 Å². The summed E-state index contributed by atoms with van der Waals surface area (Å²) in [6, 6.07) is 9.24. The maximum atomic E-state index is 9.82. The van der Waals surface area contributed by atoms with E-state index in [0.717, 1.165) is 24.0 Å². The summed E-state index contributed by atoms with van der Waals surface area (Å²) >= 11 is 0. The number of aryl methyl sites for hydroxylation is 1. The highest BCUT2D eigenvalue weighted by atomic mass is 16.3.